The van der Waals surface area contributed by atoms with Crippen LogP contribution in [0.4, 0.5) is 0 Å². The molecule has 1 heterocycles. The van der Waals surface area contributed by atoms with Crippen molar-refractivity contribution in [3.8, 4) is 5.75 Å². The van der Waals surface area contributed by atoms with Gasteiger partial charge in [0.25, 0.3) is 0 Å². The fourth-order valence-electron chi connectivity index (χ4n) is 2.14. The van der Waals surface area contributed by atoms with Gasteiger partial charge in [-0.15, -0.1) is 0 Å². The predicted octanol–water partition coefficient (Wildman–Crippen LogP) is 1.62. The van der Waals surface area contributed by atoms with E-state index in [2.05, 4.69) is 10.6 Å². The van der Waals surface area contributed by atoms with Crippen LogP contribution in [0.25, 0.3) is 0 Å². The summed E-state index contributed by atoms with van der Waals surface area (Å²) in [6, 6.07) is 8.09. The second-order valence-electron chi connectivity index (χ2n) is 4.41. The van der Waals surface area contributed by atoms with Crippen LogP contribution >= 0.6 is 0 Å². The highest BCUT2D eigenvalue weighted by Crippen LogP contribution is 2.15. The summed E-state index contributed by atoms with van der Waals surface area (Å²) in [6.07, 6.45) is 3.89. The number of nitrogens with one attached hydrogen (secondary N) is 2. The first-order chi connectivity index (χ1) is 7.86. The minimum Gasteiger partial charge on any atom is -0.508 e. The lowest BCUT2D eigenvalue weighted by Gasteiger charge is -2.23. The number of hydrogen-bond donors (Lipinski definition) is 3. The van der Waals surface area contributed by atoms with Gasteiger partial charge in [0.15, 0.2) is 0 Å². The van der Waals surface area contributed by atoms with Crippen LogP contribution in [0.2, 0.25) is 0 Å². The van der Waals surface area contributed by atoms with E-state index in [0.717, 1.165) is 25.2 Å². The molecule has 1 aliphatic rings. The van der Waals surface area contributed by atoms with Crippen molar-refractivity contribution in [2.24, 2.45) is 0 Å². The molecule has 2 rings (SSSR count). The Balaban J connectivity index is 1.73. The summed E-state index contributed by atoms with van der Waals surface area (Å²) in [5.41, 5.74) is 0.971. The van der Waals surface area contributed by atoms with E-state index in [4.69, 9.17) is 0 Å². The fraction of sp³-hybridized carbons (Fsp3) is 0.538. The average Bonchev–Trinajstić information content (AvgIpc) is 2.33. The first kappa shape index (κ1) is 11.4. The quantitative estimate of drug-likeness (QED) is 0.722. The molecule has 1 aliphatic heterocycles. The van der Waals surface area contributed by atoms with Crippen LogP contribution in [0.15, 0.2) is 24.3 Å². The largest absolute Gasteiger partial charge is 0.508 e. The molecule has 16 heavy (non-hydrogen) atoms. The smallest absolute Gasteiger partial charge is 0.120 e. The third kappa shape index (κ3) is 3.22. The van der Waals surface area contributed by atoms with E-state index in [0.29, 0.717) is 11.8 Å². The van der Waals surface area contributed by atoms with Crippen LogP contribution in [0.5, 0.6) is 5.75 Å². The molecule has 3 nitrogen and oxygen atoms in total. The number of piperidine rings is 1. The SMILES string of the molecule is Oc1ccccc1CNCC1CCCCN1. The number of rotatable bonds is 4. The van der Waals surface area contributed by atoms with Crippen molar-refractivity contribution in [1.82, 2.24) is 10.6 Å². The van der Waals surface area contributed by atoms with Crippen LogP contribution in [-0.2, 0) is 6.54 Å². The molecule has 88 valence electrons. The first-order valence-corrected chi connectivity index (χ1v) is 6.07. The second-order valence-corrected chi connectivity index (χ2v) is 4.41. The number of benzene rings is 1. The third-order valence-electron chi connectivity index (χ3n) is 3.11. The lowest BCUT2D eigenvalue weighted by atomic mass is 10.1. The lowest BCUT2D eigenvalue weighted by molar-refractivity contribution is 0.381. The van der Waals surface area contributed by atoms with Gasteiger partial charge in [0.1, 0.15) is 5.75 Å². The molecule has 3 heteroatoms. The van der Waals surface area contributed by atoms with Gasteiger partial charge >= 0.3 is 0 Å². The number of phenols is 1. The number of phenolic OH excluding ortho intramolecular Hbond substituents is 1. The monoisotopic (exact) mass is 220 g/mol. The maximum absolute atomic E-state index is 9.59. The van der Waals surface area contributed by atoms with Gasteiger partial charge in [0.05, 0.1) is 0 Å². The molecular formula is C13H20N2O. The van der Waals surface area contributed by atoms with E-state index >= 15 is 0 Å². The average molecular weight is 220 g/mol. The van der Waals surface area contributed by atoms with Gasteiger partial charge < -0.3 is 15.7 Å². The molecule has 0 aromatic heterocycles. The Morgan fingerprint density at radius 3 is 2.94 bits per heavy atom. The Hall–Kier alpha value is -1.06. The van der Waals surface area contributed by atoms with E-state index in [1.807, 2.05) is 18.2 Å². The summed E-state index contributed by atoms with van der Waals surface area (Å²) in [6.45, 7) is 2.86. The maximum atomic E-state index is 9.59. The summed E-state index contributed by atoms with van der Waals surface area (Å²) in [5.74, 6) is 0.381. The van der Waals surface area contributed by atoms with Crippen LogP contribution < -0.4 is 10.6 Å². The highest BCUT2D eigenvalue weighted by atomic mass is 16.3. The summed E-state index contributed by atoms with van der Waals surface area (Å²) >= 11 is 0. The summed E-state index contributed by atoms with van der Waals surface area (Å²) in [5, 5.41) is 16.5. The zero-order chi connectivity index (χ0) is 11.2. The Labute approximate surface area is 96.9 Å². The Morgan fingerprint density at radius 1 is 1.31 bits per heavy atom. The Bertz CT molecular complexity index is 321. The molecule has 1 aromatic carbocycles. The van der Waals surface area contributed by atoms with Gasteiger partial charge in [-0.2, -0.15) is 0 Å². The molecule has 1 fully saturated rings. The van der Waals surface area contributed by atoms with Gasteiger partial charge in [-0.1, -0.05) is 24.6 Å². The van der Waals surface area contributed by atoms with Crippen molar-refractivity contribution < 1.29 is 5.11 Å². The van der Waals surface area contributed by atoms with E-state index in [-0.39, 0.29) is 0 Å². The van der Waals surface area contributed by atoms with Gasteiger partial charge in [0.2, 0.25) is 0 Å². The molecule has 0 aliphatic carbocycles. The molecule has 0 radical (unpaired) electrons. The summed E-state index contributed by atoms with van der Waals surface area (Å²) < 4.78 is 0. The second kappa shape index (κ2) is 5.87. The normalized spacial score (nSPS) is 20.9. The molecule has 1 saturated heterocycles. The molecule has 0 saturated carbocycles. The third-order valence-corrected chi connectivity index (χ3v) is 3.11. The van der Waals surface area contributed by atoms with Crippen molar-refractivity contribution >= 4 is 0 Å². The van der Waals surface area contributed by atoms with Gasteiger partial charge in [0, 0.05) is 24.7 Å². The van der Waals surface area contributed by atoms with Gasteiger partial charge in [-0.3, -0.25) is 0 Å². The van der Waals surface area contributed by atoms with Crippen molar-refractivity contribution in [2.75, 3.05) is 13.1 Å². The summed E-state index contributed by atoms with van der Waals surface area (Å²) in [4.78, 5) is 0. The lowest BCUT2D eigenvalue weighted by Crippen LogP contribution is -2.41. The van der Waals surface area contributed by atoms with Crippen molar-refractivity contribution in [2.45, 2.75) is 31.8 Å². The highest BCUT2D eigenvalue weighted by Gasteiger charge is 2.11. The van der Waals surface area contributed by atoms with Crippen molar-refractivity contribution in [3.63, 3.8) is 0 Å². The standard InChI is InChI=1S/C13H20N2O/c16-13-7-2-1-5-11(13)9-14-10-12-6-3-4-8-15-12/h1-2,5,7,12,14-16H,3-4,6,8-10H2. The minimum absolute atomic E-state index is 0.381. The molecule has 0 spiro atoms. The van der Waals surface area contributed by atoms with Gasteiger partial charge in [-0.25, -0.2) is 0 Å². The topological polar surface area (TPSA) is 44.3 Å². The van der Waals surface area contributed by atoms with Crippen LogP contribution in [0.3, 0.4) is 0 Å². The molecule has 1 aromatic rings. The van der Waals surface area contributed by atoms with E-state index in [1.165, 1.54) is 19.3 Å². The van der Waals surface area contributed by atoms with Crippen molar-refractivity contribution in [3.05, 3.63) is 29.8 Å². The van der Waals surface area contributed by atoms with E-state index in [1.54, 1.807) is 6.07 Å². The number of para-hydroxylation sites is 1. The fourth-order valence-corrected chi connectivity index (χ4v) is 2.14. The highest BCUT2D eigenvalue weighted by molar-refractivity contribution is 5.31. The molecule has 0 bridgehead atoms. The van der Waals surface area contributed by atoms with Crippen LogP contribution in [0.1, 0.15) is 24.8 Å². The first-order valence-electron chi connectivity index (χ1n) is 6.07. The molecule has 3 N–H and O–H groups in total. The molecule has 0 amide bonds. The molecule has 1 atom stereocenters. The molecular weight excluding hydrogens is 200 g/mol. The Kier molecular flexibility index (Phi) is 4.19. The maximum Gasteiger partial charge on any atom is 0.120 e. The predicted molar refractivity (Wildman–Crippen MR) is 65.5 cm³/mol. The van der Waals surface area contributed by atoms with Crippen LogP contribution in [0, 0.1) is 0 Å². The number of aromatic hydroxyl groups is 1. The van der Waals surface area contributed by atoms with Crippen molar-refractivity contribution in [1.29, 1.82) is 0 Å². The minimum atomic E-state index is 0.381. The summed E-state index contributed by atoms with van der Waals surface area (Å²) in [7, 11) is 0. The van der Waals surface area contributed by atoms with Crippen LogP contribution in [-0.4, -0.2) is 24.2 Å². The zero-order valence-electron chi connectivity index (χ0n) is 9.58. The Morgan fingerprint density at radius 2 is 2.19 bits per heavy atom. The molecule has 1 unspecified atom stereocenters. The zero-order valence-corrected chi connectivity index (χ0v) is 9.58. The van der Waals surface area contributed by atoms with E-state index in [9.17, 15) is 5.11 Å². The van der Waals surface area contributed by atoms with Gasteiger partial charge in [-0.05, 0) is 25.5 Å². The van der Waals surface area contributed by atoms with E-state index < -0.39 is 0 Å². The number of hydrogen-bond acceptors (Lipinski definition) is 3.